The number of halogens is 1. The number of benzene rings is 2. The number of thiocarbonyl (C=S) groups is 1. The Hall–Kier alpha value is -2.90. The zero-order valence-electron chi connectivity index (χ0n) is 16.8. The van der Waals surface area contributed by atoms with Crippen LogP contribution in [-0.4, -0.2) is 35.5 Å². The number of nitrogens with zero attached hydrogens (tertiary/aromatic N) is 1. The topological polar surface area (TPSA) is 67.9 Å². The fourth-order valence-corrected chi connectivity index (χ4v) is 3.39. The number of nitrogens with one attached hydrogen (secondary N) is 1. The van der Waals surface area contributed by atoms with Crippen molar-refractivity contribution in [3.63, 3.8) is 0 Å². The molecule has 6 nitrogen and oxygen atoms in total. The summed E-state index contributed by atoms with van der Waals surface area (Å²) in [6.45, 7) is 4.58. The van der Waals surface area contributed by atoms with Crippen LogP contribution in [0.5, 0.6) is 11.5 Å². The van der Waals surface area contributed by atoms with Crippen LogP contribution in [0.4, 0.5) is 0 Å². The van der Waals surface area contributed by atoms with Crippen molar-refractivity contribution in [2.24, 2.45) is 0 Å². The molecule has 1 aliphatic heterocycles. The largest absolute Gasteiger partial charge is 0.490 e. The third-order valence-corrected chi connectivity index (χ3v) is 5.07. The second-order valence-electron chi connectivity index (χ2n) is 6.72. The molecule has 0 bridgehead atoms. The molecule has 1 fully saturated rings. The minimum Gasteiger partial charge on any atom is -0.490 e. The number of ether oxygens (including phenoxy) is 2. The van der Waals surface area contributed by atoms with Crippen molar-refractivity contribution < 1.29 is 19.1 Å². The summed E-state index contributed by atoms with van der Waals surface area (Å²) >= 11 is 11.4. The van der Waals surface area contributed by atoms with E-state index in [1.54, 1.807) is 12.1 Å². The Morgan fingerprint density at radius 2 is 1.97 bits per heavy atom. The fraction of sp³-hybridized carbons (Fsp3) is 0.227. The first-order valence-electron chi connectivity index (χ1n) is 9.30. The summed E-state index contributed by atoms with van der Waals surface area (Å²) in [5.41, 5.74) is 2.63. The third-order valence-electron chi connectivity index (χ3n) is 4.41. The SMILES string of the molecule is CCOc1cc(/C=C2\C(=O)NC(=S)N(C)C2=O)cc(Cl)c1OCc1cccc(C)c1. The van der Waals surface area contributed by atoms with E-state index < -0.39 is 11.8 Å². The lowest BCUT2D eigenvalue weighted by Crippen LogP contribution is -2.52. The second-order valence-corrected chi connectivity index (χ2v) is 7.52. The Morgan fingerprint density at radius 1 is 1.20 bits per heavy atom. The Balaban J connectivity index is 1.92. The minimum absolute atomic E-state index is 0.0435. The van der Waals surface area contributed by atoms with Crippen molar-refractivity contribution in [1.29, 1.82) is 0 Å². The van der Waals surface area contributed by atoms with Crippen molar-refractivity contribution in [2.45, 2.75) is 20.5 Å². The van der Waals surface area contributed by atoms with Gasteiger partial charge in [0, 0.05) is 7.05 Å². The second kappa shape index (κ2) is 9.28. The van der Waals surface area contributed by atoms with Crippen LogP contribution in [0.2, 0.25) is 5.02 Å². The fourth-order valence-electron chi connectivity index (χ4n) is 2.94. The summed E-state index contributed by atoms with van der Waals surface area (Å²) < 4.78 is 11.6. The number of hydrogen-bond donors (Lipinski definition) is 1. The number of likely N-dealkylation sites (N-methyl/N-ethyl adjacent to an activating group) is 1. The van der Waals surface area contributed by atoms with Crippen molar-refractivity contribution in [3.8, 4) is 11.5 Å². The normalized spacial score (nSPS) is 15.4. The molecule has 8 heteroatoms. The first-order chi connectivity index (χ1) is 14.3. The summed E-state index contributed by atoms with van der Waals surface area (Å²) in [5, 5.41) is 2.86. The van der Waals surface area contributed by atoms with Crippen molar-refractivity contribution in [2.75, 3.05) is 13.7 Å². The molecule has 0 spiro atoms. The number of amides is 2. The molecule has 2 aromatic rings. The summed E-state index contributed by atoms with van der Waals surface area (Å²) in [6, 6.07) is 11.3. The van der Waals surface area contributed by atoms with Gasteiger partial charge in [-0.3, -0.25) is 19.8 Å². The Kier molecular flexibility index (Phi) is 6.74. The van der Waals surface area contributed by atoms with E-state index in [0.29, 0.717) is 35.3 Å². The smallest absolute Gasteiger partial charge is 0.265 e. The highest BCUT2D eigenvalue weighted by Gasteiger charge is 2.30. The summed E-state index contributed by atoms with van der Waals surface area (Å²) in [6.07, 6.45) is 1.45. The highest BCUT2D eigenvalue weighted by atomic mass is 35.5. The molecule has 2 aromatic carbocycles. The summed E-state index contributed by atoms with van der Waals surface area (Å²) in [4.78, 5) is 25.8. The molecule has 0 saturated carbocycles. The molecule has 1 saturated heterocycles. The molecular formula is C22H21ClN2O4S. The lowest BCUT2D eigenvalue weighted by molar-refractivity contribution is -0.128. The highest BCUT2D eigenvalue weighted by Crippen LogP contribution is 2.38. The molecule has 0 unspecified atom stereocenters. The monoisotopic (exact) mass is 444 g/mol. The maximum atomic E-state index is 12.4. The van der Waals surface area contributed by atoms with Crippen LogP contribution in [0.25, 0.3) is 6.08 Å². The van der Waals surface area contributed by atoms with E-state index in [9.17, 15) is 9.59 Å². The number of hydrogen-bond acceptors (Lipinski definition) is 5. The van der Waals surface area contributed by atoms with Crippen molar-refractivity contribution >= 4 is 46.8 Å². The van der Waals surface area contributed by atoms with Gasteiger partial charge in [0.15, 0.2) is 16.6 Å². The van der Waals surface area contributed by atoms with Crippen LogP contribution in [0, 0.1) is 6.92 Å². The van der Waals surface area contributed by atoms with Gasteiger partial charge in [0.2, 0.25) is 0 Å². The van der Waals surface area contributed by atoms with E-state index in [0.717, 1.165) is 11.1 Å². The zero-order chi connectivity index (χ0) is 21.8. The first-order valence-corrected chi connectivity index (χ1v) is 10.1. The molecule has 1 N–H and O–H groups in total. The van der Waals surface area contributed by atoms with Gasteiger partial charge in [-0.05, 0) is 55.4 Å². The first kappa shape index (κ1) is 21.8. The molecule has 30 heavy (non-hydrogen) atoms. The van der Waals surface area contributed by atoms with E-state index in [4.69, 9.17) is 33.3 Å². The van der Waals surface area contributed by atoms with E-state index in [-0.39, 0.29) is 10.7 Å². The Bertz CT molecular complexity index is 1050. The molecule has 156 valence electrons. The highest BCUT2D eigenvalue weighted by molar-refractivity contribution is 7.80. The van der Waals surface area contributed by atoms with Gasteiger partial charge in [-0.2, -0.15) is 0 Å². The van der Waals surface area contributed by atoms with Gasteiger partial charge in [0.05, 0.1) is 11.6 Å². The van der Waals surface area contributed by atoms with Crippen molar-refractivity contribution in [3.05, 3.63) is 63.7 Å². The molecule has 2 amide bonds. The quantitative estimate of drug-likeness (QED) is 0.416. The van der Waals surface area contributed by atoms with E-state index in [2.05, 4.69) is 5.32 Å². The van der Waals surface area contributed by atoms with Gasteiger partial charge in [-0.15, -0.1) is 0 Å². The molecule has 3 rings (SSSR count). The molecular weight excluding hydrogens is 424 g/mol. The average Bonchev–Trinajstić information content (AvgIpc) is 2.69. The van der Waals surface area contributed by atoms with Gasteiger partial charge in [0.1, 0.15) is 12.2 Å². The lowest BCUT2D eigenvalue weighted by atomic mass is 10.1. The summed E-state index contributed by atoms with van der Waals surface area (Å²) in [5.74, 6) is -0.216. The zero-order valence-corrected chi connectivity index (χ0v) is 18.4. The standard InChI is InChI=1S/C22H21ClN2O4S/c1-4-28-18-11-15(9-16-20(26)24-22(30)25(3)21(16)27)10-17(23)19(18)29-12-14-7-5-6-13(2)8-14/h5-11H,4,12H2,1-3H3,(H,24,26,30)/b16-9+. The number of rotatable bonds is 6. The molecule has 0 aliphatic carbocycles. The average molecular weight is 445 g/mol. The van der Waals surface area contributed by atoms with Gasteiger partial charge >= 0.3 is 0 Å². The molecule has 1 aliphatic rings. The van der Waals surface area contributed by atoms with Crippen LogP contribution in [0.15, 0.2) is 42.0 Å². The van der Waals surface area contributed by atoms with Gasteiger partial charge in [-0.1, -0.05) is 41.4 Å². The van der Waals surface area contributed by atoms with E-state index in [1.165, 1.54) is 18.0 Å². The van der Waals surface area contributed by atoms with Gasteiger partial charge < -0.3 is 9.47 Å². The molecule has 1 heterocycles. The molecule has 0 atom stereocenters. The predicted molar refractivity (Wildman–Crippen MR) is 120 cm³/mol. The van der Waals surface area contributed by atoms with Gasteiger partial charge in [-0.25, -0.2) is 0 Å². The Labute approximate surface area is 185 Å². The van der Waals surface area contributed by atoms with Gasteiger partial charge in [0.25, 0.3) is 11.8 Å². The maximum Gasteiger partial charge on any atom is 0.265 e. The van der Waals surface area contributed by atoms with Crippen LogP contribution < -0.4 is 14.8 Å². The number of carbonyl (C=O) groups is 2. The van der Waals surface area contributed by atoms with E-state index in [1.807, 2.05) is 38.1 Å². The lowest BCUT2D eigenvalue weighted by Gasteiger charge is -2.25. The molecule has 0 aromatic heterocycles. The van der Waals surface area contributed by atoms with Crippen LogP contribution >= 0.6 is 23.8 Å². The molecule has 0 radical (unpaired) electrons. The van der Waals surface area contributed by atoms with Crippen LogP contribution in [0.3, 0.4) is 0 Å². The van der Waals surface area contributed by atoms with Crippen LogP contribution in [-0.2, 0) is 16.2 Å². The number of aryl methyl sites for hydroxylation is 1. The summed E-state index contributed by atoms with van der Waals surface area (Å²) in [7, 11) is 1.50. The number of carbonyl (C=O) groups excluding carboxylic acids is 2. The van der Waals surface area contributed by atoms with Crippen molar-refractivity contribution in [1.82, 2.24) is 10.2 Å². The van der Waals surface area contributed by atoms with Crippen LogP contribution in [0.1, 0.15) is 23.6 Å². The minimum atomic E-state index is -0.558. The predicted octanol–water partition coefficient (Wildman–Crippen LogP) is 3.88. The maximum absolute atomic E-state index is 12.4. The van der Waals surface area contributed by atoms with E-state index >= 15 is 0 Å². The Morgan fingerprint density at radius 3 is 2.67 bits per heavy atom. The third kappa shape index (κ3) is 4.80.